The summed E-state index contributed by atoms with van der Waals surface area (Å²) in [6.45, 7) is 0. The Morgan fingerprint density at radius 3 is 2.95 bits per heavy atom. The highest BCUT2D eigenvalue weighted by atomic mass is 19.1. The van der Waals surface area contributed by atoms with Crippen LogP contribution in [0.5, 0.6) is 5.75 Å². The van der Waals surface area contributed by atoms with Gasteiger partial charge in [-0.2, -0.15) is 0 Å². The van der Waals surface area contributed by atoms with E-state index in [9.17, 15) is 4.39 Å². The Kier molecular flexibility index (Phi) is 3.79. The van der Waals surface area contributed by atoms with Gasteiger partial charge in [-0.25, -0.2) is 4.39 Å². The maximum atomic E-state index is 13.4. The number of nitrogens with zero attached hydrogens (tertiary/aromatic N) is 1. The number of ether oxygens (including phenoxy) is 1. The van der Waals surface area contributed by atoms with Gasteiger partial charge in [0.05, 0.1) is 7.11 Å². The van der Waals surface area contributed by atoms with E-state index >= 15 is 0 Å². The van der Waals surface area contributed by atoms with Crippen LogP contribution in [0.15, 0.2) is 29.8 Å². The van der Waals surface area contributed by atoms with Crippen molar-refractivity contribution < 1.29 is 9.13 Å². The molecule has 0 saturated carbocycles. The number of methoxy groups -OCH3 is 1. The largest absolute Gasteiger partial charge is 0.496 e. The number of halogens is 1. The molecule has 20 heavy (non-hydrogen) atoms. The lowest BCUT2D eigenvalue weighted by atomic mass is 9.83. The van der Waals surface area contributed by atoms with Crippen LogP contribution in [-0.4, -0.2) is 31.1 Å². The molecule has 3 heteroatoms. The van der Waals surface area contributed by atoms with Gasteiger partial charge in [-0.05, 0) is 50.9 Å². The molecule has 1 aromatic carbocycles. The smallest absolute Gasteiger partial charge is 0.123 e. The summed E-state index contributed by atoms with van der Waals surface area (Å²) in [5.74, 6) is 0.603. The zero-order chi connectivity index (χ0) is 14.1. The summed E-state index contributed by atoms with van der Waals surface area (Å²) in [7, 11) is 3.87. The maximum absolute atomic E-state index is 13.4. The number of fused-ring (bicyclic) bond motifs is 2. The number of piperidine rings is 1. The summed E-state index contributed by atoms with van der Waals surface area (Å²) in [4.78, 5) is 2.50. The lowest BCUT2D eigenvalue weighted by molar-refractivity contribution is 0.129. The van der Waals surface area contributed by atoms with Crippen LogP contribution in [0.2, 0.25) is 0 Å². The summed E-state index contributed by atoms with van der Waals surface area (Å²) in [5, 5.41) is 0. The molecular weight excluding hydrogens is 253 g/mol. The molecular formula is C17H22FNO. The van der Waals surface area contributed by atoms with Crippen LogP contribution in [0.25, 0.3) is 0 Å². The monoisotopic (exact) mass is 275 g/mol. The molecule has 1 aromatic rings. The lowest BCUT2D eigenvalue weighted by Crippen LogP contribution is -2.46. The summed E-state index contributed by atoms with van der Waals surface area (Å²) in [6.07, 6.45) is 8.16. The molecule has 0 radical (unpaired) electrons. The van der Waals surface area contributed by atoms with Crippen molar-refractivity contribution in [2.45, 2.75) is 44.2 Å². The van der Waals surface area contributed by atoms with Gasteiger partial charge >= 0.3 is 0 Å². The number of rotatable bonds is 3. The van der Waals surface area contributed by atoms with Crippen molar-refractivity contribution in [3.8, 4) is 5.75 Å². The number of benzene rings is 1. The molecule has 2 bridgehead atoms. The molecule has 2 atom stereocenters. The molecule has 2 heterocycles. The van der Waals surface area contributed by atoms with E-state index in [1.807, 2.05) is 0 Å². The fourth-order valence-corrected chi connectivity index (χ4v) is 3.59. The average Bonchev–Trinajstić information content (AvgIpc) is 2.40. The van der Waals surface area contributed by atoms with E-state index in [2.05, 4.69) is 18.0 Å². The van der Waals surface area contributed by atoms with Gasteiger partial charge in [0.15, 0.2) is 0 Å². The lowest BCUT2D eigenvalue weighted by Gasteiger charge is -2.43. The SMILES string of the molecule is COc1ccc(F)cc1CC1=CC2CCCC(C1)N2C. The third-order valence-corrected chi connectivity index (χ3v) is 4.72. The van der Waals surface area contributed by atoms with E-state index in [1.165, 1.54) is 30.9 Å². The predicted molar refractivity (Wildman–Crippen MR) is 78.5 cm³/mol. The van der Waals surface area contributed by atoms with Crippen LogP contribution in [0.4, 0.5) is 4.39 Å². The molecule has 2 aliphatic rings. The minimum Gasteiger partial charge on any atom is -0.496 e. The Balaban J connectivity index is 1.83. The fourth-order valence-electron chi connectivity index (χ4n) is 3.59. The van der Waals surface area contributed by atoms with Crippen molar-refractivity contribution in [1.29, 1.82) is 0 Å². The Morgan fingerprint density at radius 1 is 1.35 bits per heavy atom. The molecule has 2 unspecified atom stereocenters. The number of hydrogen-bond donors (Lipinski definition) is 0. The van der Waals surface area contributed by atoms with Gasteiger partial charge in [-0.1, -0.05) is 18.1 Å². The molecule has 0 aromatic heterocycles. The first-order valence-electron chi connectivity index (χ1n) is 7.41. The standard InChI is InChI=1S/C17H22FNO/c1-19-15-4-3-5-16(19)10-12(9-15)8-13-11-14(18)6-7-17(13)20-2/h6-7,9,11,15-16H,3-5,8,10H2,1-2H3. The third-order valence-electron chi connectivity index (χ3n) is 4.72. The van der Waals surface area contributed by atoms with E-state index in [0.717, 1.165) is 24.2 Å². The normalized spacial score (nSPS) is 26.2. The van der Waals surface area contributed by atoms with Gasteiger partial charge < -0.3 is 4.74 Å². The van der Waals surface area contributed by atoms with Gasteiger partial charge in [0.2, 0.25) is 0 Å². The molecule has 3 rings (SSSR count). The van der Waals surface area contributed by atoms with E-state index < -0.39 is 0 Å². The van der Waals surface area contributed by atoms with Gasteiger partial charge in [0, 0.05) is 17.6 Å². The fraction of sp³-hybridized carbons (Fsp3) is 0.529. The highest BCUT2D eigenvalue weighted by molar-refractivity contribution is 5.37. The van der Waals surface area contributed by atoms with E-state index in [1.54, 1.807) is 19.2 Å². The minimum atomic E-state index is -0.186. The topological polar surface area (TPSA) is 12.5 Å². The molecule has 0 aliphatic carbocycles. The highest BCUT2D eigenvalue weighted by Crippen LogP contribution is 2.34. The quantitative estimate of drug-likeness (QED) is 0.782. The summed E-state index contributed by atoms with van der Waals surface area (Å²) in [5.41, 5.74) is 2.39. The van der Waals surface area contributed by atoms with Crippen LogP contribution in [0, 0.1) is 5.82 Å². The average molecular weight is 275 g/mol. The van der Waals surface area contributed by atoms with Crippen molar-refractivity contribution in [3.05, 3.63) is 41.2 Å². The summed E-state index contributed by atoms with van der Waals surface area (Å²) >= 11 is 0. The maximum Gasteiger partial charge on any atom is 0.123 e. The second-order valence-electron chi connectivity index (χ2n) is 5.98. The van der Waals surface area contributed by atoms with Crippen molar-refractivity contribution in [1.82, 2.24) is 4.90 Å². The van der Waals surface area contributed by atoms with Crippen molar-refractivity contribution in [2.75, 3.05) is 14.2 Å². The first-order chi connectivity index (χ1) is 9.67. The van der Waals surface area contributed by atoms with Gasteiger partial charge in [0.25, 0.3) is 0 Å². The Morgan fingerprint density at radius 2 is 2.20 bits per heavy atom. The second kappa shape index (κ2) is 5.57. The molecule has 0 amide bonds. The Hall–Kier alpha value is -1.35. The molecule has 108 valence electrons. The van der Waals surface area contributed by atoms with Gasteiger partial charge in [0.1, 0.15) is 11.6 Å². The summed E-state index contributed by atoms with van der Waals surface area (Å²) < 4.78 is 18.8. The minimum absolute atomic E-state index is 0.186. The number of hydrogen-bond acceptors (Lipinski definition) is 2. The van der Waals surface area contributed by atoms with Crippen LogP contribution < -0.4 is 4.74 Å². The number of likely N-dealkylation sites (N-methyl/N-ethyl adjacent to an activating group) is 1. The predicted octanol–water partition coefficient (Wildman–Crippen LogP) is 3.56. The second-order valence-corrected chi connectivity index (χ2v) is 5.98. The Labute approximate surface area is 120 Å². The Bertz CT molecular complexity index is 526. The van der Waals surface area contributed by atoms with Crippen molar-refractivity contribution in [2.24, 2.45) is 0 Å². The van der Waals surface area contributed by atoms with Crippen LogP contribution >= 0.6 is 0 Å². The van der Waals surface area contributed by atoms with Crippen LogP contribution in [0.1, 0.15) is 31.2 Å². The van der Waals surface area contributed by atoms with Crippen molar-refractivity contribution in [3.63, 3.8) is 0 Å². The first kappa shape index (κ1) is 13.6. The zero-order valence-corrected chi connectivity index (χ0v) is 12.2. The first-order valence-corrected chi connectivity index (χ1v) is 7.41. The van der Waals surface area contributed by atoms with Gasteiger partial charge in [-0.3, -0.25) is 4.90 Å². The van der Waals surface area contributed by atoms with E-state index in [-0.39, 0.29) is 5.82 Å². The molecule has 1 saturated heterocycles. The van der Waals surface area contributed by atoms with E-state index in [0.29, 0.717) is 12.1 Å². The molecule has 2 aliphatic heterocycles. The molecule has 2 nitrogen and oxygen atoms in total. The van der Waals surface area contributed by atoms with E-state index in [4.69, 9.17) is 4.74 Å². The van der Waals surface area contributed by atoms with Crippen LogP contribution in [-0.2, 0) is 6.42 Å². The van der Waals surface area contributed by atoms with Gasteiger partial charge in [-0.15, -0.1) is 0 Å². The third kappa shape index (κ3) is 2.59. The zero-order valence-electron chi connectivity index (χ0n) is 12.2. The molecule has 1 fully saturated rings. The highest BCUT2D eigenvalue weighted by Gasteiger charge is 2.31. The molecule has 0 N–H and O–H groups in total. The molecule has 0 spiro atoms. The summed E-state index contributed by atoms with van der Waals surface area (Å²) in [6, 6.07) is 6.01. The van der Waals surface area contributed by atoms with Crippen molar-refractivity contribution >= 4 is 0 Å². The van der Waals surface area contributed by atoms with Crippen LogP contribution in [0.3, 0.4) is 0 Å².